The van der Waals surface area contributed by atoms with Crippen LogP contribution in [0.5, 0.6) is 23.0 Å². The lowest BCUT2D eigenvalue weighted by molar-refractivity contribution is -0.145. The van der Waals surface area contributed by atoms with Crippen LogP contribution in [0.25, 0.3) is 6.08 Å². The minimum atomic E-state index is -0.672. The first kappa shape index (κ1) is 22.1. The summed E-state index contributed by atoms with van der Waals surface area (Å²) in [6.45, 7) is 4.04. The molecule has 2 atom stereocenters. The Hall–Kier alpha value is -3.68. The van der Waals surface area contributed by atoms with Gasteiger partial charge in [-0.1, -0.05) is 12.1 Å². The van der Waals surface area contributed by atoms with E-state index in [9.17, 15) is 9.59 Å². The first-order valence-corrected chi connectivity index (χ1v) is 11.5. The molecular formula is C26H28N2O6. The zero-order valence-electron chi connectivity index (χ0n) is 19.4. The highest BCUT2D eigenvalue weighted by Crippen LogP contribution is 2.35. The van der Waals surface area contributed by atoms with Crippen LogP contribution in [0.1, 0.15) is 18.1 Å². The van der Waals surface area contributed by atoms with Crippen molar-refractivity contribution in [3.05, 3.63) is 53.6 Å². The normalized spacial score (nSPS) is 21.2. The summed E-state index contributed by atoms with van der Waals surface area (Å²) >= 11 is 0. The number of ether oxygens (including phenoxy) is 4. The lowest BCUT2D eigenvalue weighted by Gasteiger charge is -2.36. The fourth-order valence-corrected chi connectivity index (χ4v) is 4.52. The number of carbonyl (C=O) groups is 2. The maximum atomic E-state index is 12.9. The van der Waals surface area contributed by atoms with Crippen LogP contribution >= 0.6 is 0 Å². The van der Waals surface area contributed by atoms with E-state index in [1.807, 2.05) is 37.3 Å². The highest BCUT2D eigenvalue weighted by atomic mass is 16.6. The maximum absolute atomic E-state index is 12.9. The van der Waals surface area contributed by atoms with Gasteiger partial charge in [0.1, 0.15) is 24.2 Å². The van der Waals surface area contributed by atoms with E-state index in [-0.39, 0.29) is 24.5 Å². The average molecular weight is 465 g/mol. The molecule has 5 rings (SSSR count). The molecule has 2 aromatic carbocycles. The second-order valence-corrected chi connectivity index (χ2v) is 8.68. The number of nitrogens with zero attached hydrogens (tertiary/aromatic N) is 2. The van der Waals surface area contributed by atoms with E-state index in [0.717, 1.165) is 23.3 Å². The molecule has 8 nitrogen and oxygen atoms in total. The number of benzene rings is 2. The second-order valence-electron chi connectivity index (χ2n) is 8.68. The number of hydrogen-bond donors (Lipinski definition) is 0. The maximum Gasteiger partial charge on any atom is 0.267 e. The molecule has 0 aromatic heterocycles. The van der Waals surface area contributed by atoms with Gasteiger partial charge >= 0.3 is 0 Å². The fraction of sp³-hybridized carbons (Fsp3) is 0.385. The number of methoxy groups -OCH3 is 1. The SMILES string of the molecule is COc1cc2c(cc1/C=C/C(=O)N1CCN(C(=O)[C@@H]3COc4ccccc4O3)CC1)O[C@@H](C)C2. The highest BCUT2D eigenvalue weighted by molar-refractivity contribution is 5.92. The summed E-state index contributed by atoms with van der Waals surface area (Å²) < 4.78 is 22.8. The fourth-order valence-electron chi connectivity index (χ4n) is 4.52. The topological polar surface area (TPSA) is 77.5 Å². The summed E-state index contributed by atoms with van der Waals surface area (Å²) in [6.07, 6.45) is 3.63. The van der Waals surface area contributed by atoms with Crippen LogP contribution in [-0.2, 0) is 16.0 Å². The largest absolute Gasteiger partial charge is 0.496 e. The summed E-state index contributed by atoms with van der Waals surface area (Å²) in [5.74, 6) is 2.56. The number of hydrogen-bond acceptors (Lipinski definition) is 6. The van der Waals surface area contributed by atoms with Crippen molar-refractivity contribution in [3.8, 4) is 23.0 Å². The van der Waals surface area contributed by atoms with Gasteiger partial charge in [-0.25, -0.2) is 0 Å². The van der Waals surface area contributed by atoms with E-state index in [2.05, 4.69) is 0 Å². The molecular weight excluding hydrogens is 436 g/mol. The van der Waals surface area contributed by atoms with Gasteiger partial charge < -0.3 is 28.7 Å². The number of piperazine rings is 1. The van der Waals surface area contributed by atoms with Gasteiger partial charge in [-0.3, -0.25) is 9.59 Å². The van der Waals surface area contributed by atoms with E-state index in [0.29, 0.717) is 43.4 Å². The lowest BCUT2D eigenvalue weighted by Crippen LogP contribution is -2.54. The Labute approximate surface area is 198 Å². The van der Waals surface area contributed by atoms with Gasteiger partial charge in [0.15, 0.2) is 11.5 Å². The van der Waals surface area contributed by atoms with E-state index in [1.165, 1.54) is 0 Å². The molecule has 3 aliphatic rings. The molecule has 2 amide bonds. The van der Waals surface area contributed by atoms with Crippen molar-refractivity contribution < 1.29 is 28.5 Å². The summed E-state index contributed by atoms with van der Waals surface area (Å²) in [7, 11) is 1.62. The molecule has 0 N–H and O–H groups in total. The zero-order chi connectivity index (χ0) is 23.7. The number of carbonyl (C=O) groups excluding carboxylic acids is 2. The molecule has 0 unspecified atom stereocenters. The highest BCUT2D eigenvalue weighted by Gasteiger charge is 2.33. The van der Waals surface area contributed by atoms with Crippen molar-refractivity contribution in [1.29, 1.82) is 0 Å². The molecule has 3 aliphatic heterocycles. The Kier molecular flexibility index (Phi) is 6.04. The molecule has 0 spiro atoms. The molecule has 1 fully saturated rings. The Morgan fingerprint density at radius 2 is 1.74 bits per heavy atom. The second kappa shape index (κ2) is 9.29. The zero-order valence-corrected chi connectivity index (χ0v) is 19.4. The van der Waals surface area contributed by atoms with Gasteiger partial charge in [0.05, 0.1) is 7.11 Å². The third kappa shape index (κ3) is 4.40. The Morgan fingerprint density at radius 1 is 1.00 bits per heavy atom. The van der Waals surface area contributed by atoms with Gasteiger partial charge in [0, 0.05) is 49.8 Å². The summed E-state index contributed by atoms with van der Waals surface area (Å²) in [5.41, 5.74) is 1.91. The van der Waals surface area contributed by atoms with E-state index in [1.54, 1.807) is 35.1 Å². The van der Waals surface area contributed by atoms with Crippen molar-refractivity contribution in [2.45, 2.75) is 25.6 Å². The van der Waals surface area contributed by atoms with Crippen molar-refractivity contribution in [2.24, 2.45) is 0 Å². The van der Waals surface area contributed by atoms with Crippen molar-refractivity contribution >= 4 is 17.9 Å². The Morgan fingerprint density at radius 3 is 2.50 bits per heavy atom. The molecule has 2 aromatic rings. The van der Waals surface area contributed by atoms with Gasteiger partial charge in [-0.2, -0.15) is 0 Å². The first-order chi connectivity index (χ1) is 16.5. The van der Waals surface area contributed by atoms with E-state index >= 15 is 0 Å². The predicted octanol–water partition coefficient (Wildman–Crippen LogP) is 2.54. The van der Waals surface area contributed by atoms with Crippen LogP contribution in [0.4, 0.5) is 0 Å². The lowest BCUT2D eigenvalue weighted by atomic mass is 10.1. The molecule has 34 heavy (non-hydrogen) atoms. The average Bonchev–Trinajstić information content (AvgIpc) is 3.24. The van der Waals surface area contributed by atoms with Gasteiger partial charge in [0.2, 0.25) is 12.0 Å². The summed E-state index contributed by atoms with van der Waals surface area (Å²) in [5, 5.41) is 0. The minimum Gasteiger partial charge on any atom is -0.496 e. The Balaban J connectivity index is 1.17. The molecule has 0 radical (unpaired) electrons. The quantitative estimate of drug-likeness (QED) is 0.648. The number of fused-ring (bicyclic) bond motifs is 2. The van der Waals surface area contributed by atoms with Crippen LogP contribution in [-0.4, -0.2) is 73.7 Å². The van der Waals surface area contributed by atoms with Crippen molar-refractivity contribution in [3.63, 3.8) is 0 Å². The Bertz CT molecular complexity index is 1120. The van der Waals surface area contributed by atoms with Gasteiger partial charge in [-0.05, 0) is 37.3 Å². The van der Waals surface area contributed by atoms with Crippen molar-refractivity contribution in [2.75, 3.05) is 39.9 Å². The third-order valence-electron chi connectivity index (χ3n) is 6.34. The summed E-state index contributed by atoms with van der Waals surface area (Å²) in [6, 6.07) is 11.2. The molecule has 0 saturated carbocycles. The van der Waals surface area contributed by atoms with Crippen LogP contribution in [0.2, 0.25) is 0 Å². The molecule has 0 aliphatic carbocycles. The number of amides is 2. The van der Waals surface area contributed by atoms with Gasteiger partial charge in [0.25, 0.3) is 5.91 Å². The molecule has 1 saturated heterocycles. The molecule has 0 bridgehead atoms. The third-order valence-corrected chi connectivity index (χ3v) is 6.34. The minimum absolute atomic E-state index is 0.102. The van der Waals surface area contributed by atoms with E-state index < -0.39 is 6.10 Å². The van der Waals surface area contributed by atoms with Crippen LogP contribution in [0.15, 0.2) is 42.5 Å². The van der Waals surface area contributed by atoms with E-state index in [4.69, 9.17) is 18.9 Å². The smallest absolute Gasteiger partial charge is 0.267 e. The van der Waals surface area contributed by atoms with Crippen LogP contribution in [0.3, 0.4) is 0 Å². The number of rotatable bonds is 4. The van der Waals surface area contributed by atoms with Gasteiger partial charge in [-0.15, -0.1) is 0 Å². The predicted molar refractivity (Wildman–Crippen MR) is 125 cm³/mol. The molecule has 178 valence electrons. The first-order valence-electron chi connectivity index (χ1n) is 11.5. The number of para-hydroxylation sites is 2. The standard InChI is InChI=1S/C26H28N2O6/c1-17-13-19-15-22(31-2)18(14-23(19)33-17)7-8-25(29)27-9-11-28(12-10-27)26(30)24-16-32-20-5-3-4-6-21(20)34-24/h3-8,14-15,17,24H,9-13,16H2,1-2H3/b8-7+/t17-,24-/m0/s1. The molecule has 8 heteroatoms. The van der Waals surface area contributed by atoms with Crippen LogP contribution in [0, 0.1) is 0 Å². The summed E-state index contributed by atoms with van der Waals surface area (Å²) in [4.78, 5) is 29.2. The van der Waals surface area contributed by atoms with Crippen molar-refractivity contribution in [1.82, 2.24) is 9.80 Å². The van der Waals surface area contributed by atoms with Crippen LogP contribution < -0.4 is 18.9 Å². The molecule has 3 heterocycles. The monoisotopic (exact) mass is 464 g/mol.